The first-order chi connectivity index (χ1) is 7.76. The van der Waals surface area contributed by atoms with E-state index in [0.29, 0.717) is 5.56 Å². The van der Waals surface area contributed by atoms with Crippen molar-refractivity contribution < 1.29 is 4.79 Å². The fraction of sp³-hybridized carbons (Fsp3) is 0.167. The number of likely N-dealkylation sites (N-methyl/N-ethyl adjacent to an activating group) is 1. The normalized spacial score (nSPS) is 10.0. The first-order valence-corrected chi connectivity index (χ1v) is 4.95. The summed E-state index contributed by atoms with van der Waals surface area (Å²) in [6.45, 7) is 0.235. The van der Waals surface area contributed by atoms with Crippen LogP contribution in [0, 0.1) is 11.3 Å². The number of nitrogens with one attached hydrogen (secondary N) is 1. The Morgan fingerprint density at radius 2 is 2.25 bits per heavy atom. The van der Waals surface area contributed by atoms with Crippen molar-refractivity contribution in [3.05, 3.63) is 36.0 Å². The lowest BCUT2D eigenvalue weighted by atomic mass is 10.2. The van der Waals surface area contributed by atoms with Gasteiger partial charge in [-0.2, -0.15) is 5.26 Å². The van der Waals surface area contributed by atoms with Gasteiger partial charge in [0, 0.05) is 24.1 Å². The highest BCUT2D eigenvalue weighted by Gasteiger charge is 2.09. The van der Waals surface area contributed by atoms with E-state index in [2.05, 4.69) is 11.4 Å². The molecule has 1 aromatic carbocycles. The van der Waals surface area contributed by atoms with Gasteiger partial charge in [-0.1, -0.05) is 18.2 Å². The maximum atomic E-state index is 11.3. The lowest BCUT2D eigenvalue weighted by Gasteiger charge is -2.03. The van der Waals surface area contributed by atoms with Gasteiger partial charge in [-0.05, 0) is 6.07 Å². The minimum absolute atomic E-state index is 0.0785. The highest BCUT2D eigenvalue weighted by molar-refractivity contribution is 5.88. The van der Waals surface area contributed by atoms with Crippen molar-refractivity contribution in [1.29, 1.82) is 5.26 Å². The number of benzene rings is 1. The summed E-state index contributed by atoms with van der Waals surface area (Å²) in [6, 6.07) is 9.69. The van der Waals surface area contributed by atoms with Crippen LogP contribution in [0.4, 0.5) is 0 Å². The second-order valence-corrected chi connectivity index (χ2v) is 3.47. The SMILES string of the molecule is CNC(=O)Cn1cc(C#N)c2ccccc21. The van der Waals surface area contributed by atoms with Gasteiger partial charge >= 0.3 is 0 Å². The third-order valence-electron chi connectivity index (χ3n) is 2.50. The lowest BCUT2D eigenvalue weighted by Crippen LogP contribution is -2.22. The molecule has 4 nitrogen and oxygen atoms in total. The van der Waals surface area contributed by atoms with E-state index in [1.54, 1.807) is 17.8 Å². The highest BCUT2D eigenvalue weighted by Crippen LogP contribution is 2.20. The average molecular weight is 213 g/mol. The standard InChI is InChI=1S/C12H11N3O/c1-14-12(16)8-15-7-9(6-13)10-4-2-3-5-11(10)15/h2-5,7H,8H2,1H3,(H,14,16). The summed E-state index contributed by atoms with van der Waals surface area (Å²) in [5.74, 6) is -0.0785. The zero-order chi connectivity index (χ0) is 11.5. The summed E-state index contributed by atoms with van der Waals surface area (Å²) in [7, 11) is 1.60. The molecule has 2 rings (SSSR count). The number of rotatable bonds is 2. The fourth-order valence-corrected chi connectivity index (χ4v) is 1.70. The Kier molecular flexibility index (Phi) is 2.61. The van der Waals surface area contributed by atoms with Crippen LogP contribution in [0.1, 0.15) is 5.56 Å². The van der Waals surface area contributed by atoms with E-state index in [0.717, 1.165) is 10.9 Å². The van der Waals surface area contributed by atoms with Crippen LogP contribution < -0.4 is 5.32 Å². The molecule has 0 saturated heterocycles. The molecule has 4 heteroatoms. The number of hydrogen-bond acceptors (Lipinski definition) is 2. The molecule has 0 aliphatic carbocycles. The molecule has 1 N–H and O–H groups in total. The largest absolute Gasteiger partial charge is 0.358 e. The number of carbonyl (C=O) groups is 1. The summed E-state index contributed by atoms with van der Waals surface area (Å²) in [4.78, 5) is 11.3. The van der Waals surface area contributed by atoms with E-state index < -0.39 is 0 Å². The smallest absolute Gasteiger partial charge is 0.239 e. The molecule has 0 spiro atoms. The predicted molar refractivity (Wildman–Crippen MR) is 60.7 cm³/mol. The molecule has 2 aromatic rings. The number of aromatic nitrogens is 1. The third-order valence-corrected chi connectivity index (χ3v) is 2.50. The second kappa shape index (κ2) is 4.07. The van der Waals surface area contributed by atoms with Crippen LogP contribution in [0.15, 0.2) is 30.5 Å². The number of fused-ring (bicyclic) bond motifs is 1. The molecule has 0 atom stereocenters. The number of hydrogen-bond donors (Lipinski definition) is 1. The van der Waals surface area contributed by atoms with Gasteiger partial charge < -0.3 is 9.88 Å². The van der Waals surface area contributed by atoms with E-state index in [1.807, 2.05) is 24.3 Å². The third kappa shape index (κ3) is 1.63. The fourth-order valence-electron chi connectivity index (χ4n) is 1.70. The van der Waals surface area contributed by atoms with Gasteiger partial charge in [-0.15, -0.1) is 0 Å². The van der Waals surface area contributed by atoms with E-state index in [4.69, 9.17) is 5.26 Å². The number of para-hydroxylation sites is 1. The van der Waals surface area contributed by atoms with Crippen LogP contribution in [-0.4, -0.2) is 17.5 Å². The molecule has 0 unspecified atom stereocenters. The van der Waals surface area contributed by atoms with Crippen LogP contribution in [0.25, 0.3) is 10.9 Å². The van der Waals surface area contributed by atoms with E-state index in [1.165, 1.54) is 0 Å². The topological polar surface area (TPSA) is 57.8 Å². The molecular weight excluding hydrogens is 202 g/mol. The molecule has 1 aromatic heterocycles. The van der Waals surface area contributed by atoms with Crippen molar-refractivity contribution in [3.8, 4) is 6.07 Å². The molecule has 1 amide bonds. The first-order valence-electron chi connectivity index (χ1n) is 4.95. The van der Waals surface area contributed by atoms with E-state index in [-0.39, 0.29) is 12.5 Å². The van der Waals surface area contributed by atoms with E-state index >= 15 is 0 Å². The van der Waals surface area contributed by atoms with Crippen molar-refractivity contribution in [2.24, 2.45) is 0 Å². The second-order valence-electron chi connectivity index (χ2n) is 3.47. The van der Waals surface area contributed by atoms with Crippen molar-refractivity contribution >= 4 is 16.8 Å². The quantitative estimate of drug-likeness (QED) is 0.816. The highest BCUT2D eigenvalue weighted by atomic mass is 16.1. The Balaban J connectivity index is 2.54. The van der Waals surface area contributed by atoms with Crippen molar-refractivity contribution in [1.82, 2.24) is 9.88 Å². The minimum Gasteiger partial charge on any atom is -0.358 e. The Morgan fingerprint density at radius 3 is 2.94 bits per heavy atom. The van der Waals surface area contributed by atoms with Crippen molar-refractivity contribution in [2.75, 3.05) is 7.05 Å². The molecule has 0 radical (unpaired) electrons. The zero-order valence-electron chi connectivity index (χ0n) is 8.90. The van der Waals surface area contributed by atoms with Crippen LogP contribution in [-0.2, 0) is 11.3 Å². The number of nitrogens with zero attached hydrogens (tertiary/aromatic N) is 2. The molecule has 80 valence electrons. The first kappa shape index (κ1) is 10.2. The minimum atomic E-state index is -0.0785. The van der Waals surface area contributed by atoms with Gasteiger partial charge in [0.05, 0.1) is 5.56 Å². The van der Waals surface area contributed by atoms with Crippen molar-refractivity contribution in [3.63, 3.8) is 0 Å². The molecule has 0 saturated carbocycles. The molecule has 0 fully saturated rings. The van der Waals surface area contributed by atoms with Gasteiger partial charge in [0.25, 0.3) is 0 Å². The van der Waals surface area contributed by atoms with Crippen LogP contribution in [0.5, 0.6) is 0 Å². The van der Waals surface area contributed by atoms with Gasteiger partial charge in [-0.3, -0.25) is 4.79 Å². The Bertz CT molecular complexity index is 577. The molecule has 0 bridgehead atoms. The molecule has 16 heavy (non-hydrogen) atoms. The van der Waals surface area contributed by atoms with Crippen LogP contribution in [0.3, 0.4) is 0 Å². The van der Waals surface area contributed by atoms with Gasteiger partial charge in [0.1, 0.15) is 12.6 Å². The van der Waals surface area contributed by atoms with Crippen molar-refractivity contribution in [2.45, 2.75) is 6.54 Å². The maximum Gasteiger partial charge on any atom is 0.239 e. The molecule has 0 aliphatic rings. The molecular formula is C12H11N3O. The summed E-state index contributed by atoms with van der Waals surface area (Å²) in [5.41, 5.74) is 1.50. The average Bonchev–Trinajstić information content (AvgIpc) is 2.68. The zero-order valence-corrected chi connectivity index (χ0v) is 8.90. The number of nitriles is 1. The summed E-state index contributed by atoms with van der Waals surface area (Å²) < 4.78 is 1.78. The number of amides is 1. The van der Waals surface area contributed by atoms with Gasteiger partial charge in [0.2, 0.25) is 5.91 Å². The Labute approximate surface area is 93.1 Å². The summed E-state index contributed by atoms with van der Waals surface area (Å²) in [6.07, 6.45) is 1.71. The maximum absolute atomic E-state index is 11.3. The predicted octanol–water partition coefficient (Wildman–Crippen LogP) is 1.26. The van der Waals surface area contributed by atoms with Gasteiger partial charge in [-0.25, -0.2) is 0 Å². The Hall–Kier alpha value is -2.28. The number of carbonyl (C=O) groups excluding carboxylic acids is 1. The van der Waals surface area contributed by atoms with Crippen LogP contribution in [0.2, 0.25) is 0 Å². The Morgan fingerprint density at radius 1 is 1.50 bits per heavy atom. The van der Waals surface area contributed by atoms with E-state index in [9.17, 15) is 4.79 Å². The van der Waals surface area contributed by atoms with Gasteiger partial charge in [0.15, 0.2) is 0 Å². The van der Waals surface area contributed by atoms with Crippen LogP contribution >= 0.6 is 0 Å². The lowest BCUT2D eigenvalue weighted by molar-refractivity contribution is -0.121. The summed E-state index contributed by atoms with van der Waals surface area (Å²) >= 11 is 0. The molecule has 0 aliphatic heterocycles. The molecule has 1 heterocycles. The summed E-state index contributed by atoms with van der Waals surface area (Å²) in [5, 5.41) is 12.4. The monoisotopic (exact) mass is 213 g/mol.